The van der Waals surface area contributed by atoms with Crippen LogP contribution in [0, 0.1) is 0 Å². The molecule has 0 saturated carbocycles. The molecule has 1 saturated heterocycles. The molecule has 0 spiro atoms. The number of hydrogen-bond donors (Lipinski definition) is 1. The van der Waals surface area contributed by atoms with Gasteiger partial charge in [0.25, 0.3) is 0 Å². The Kier molecular flexibility index (Phi) is 0.320. The molecule has 3 aliphatic rings. The Morgan fingerprint density at radius 2 is 1.83 bits per heavy atom. The summed E-state index contributed by atoms with van der Waals surface area (Å²) in [6, 6.07) is 1.52. The first-order valence-electron chi connectivity index (χ1n) is 2.39. The van der Waals surface area contributed by atoms with Crippen molar-refractivity contribution in [1.82, 2.24) is 5.32 Å². The van der Waals surface area contributed by atoms with Gasteiger partial charge in [-0.2, -0.15) is 0 Å². The molecule has 0 amide bonds. The molecule has 2 aliphatic heterocycles. The molecule has 3 rings (SSSR count). The minimum absolute atomic E-state index is 0.759. The second-order valence-corrected chi connectivity index (χ2v) is 2.00. The maximum atomic E-state index is 3.31. The lowest BCUT2D eigenvalue weighted by Crippen LogP contribution is -2.44. The van der Waals surface area contributed by atoms with Crippen LogP contribution >= 0.6 is 0 Å². The Labute approximate surface area is 37.0 Å². The van der Waals surface area contributed by atoms with Crippen LogP contribution in [0.2, 0.25) is 0 Å². The second kappa shape index (κ2) is 0.684. The molecule has 1 aliphatic carbocycles. The summed E-state index contributed by atoms with van der Waals surface area (Å²) >= 11 is 0. The molecule has 1 nitrogen and oxygen atoms in total. The van der Waals surface area contributed by atoms with Crippen molar-refractivity contribution in [2.45, 2.75) is 18.5 Å². The summed E-state index contributed by atoms with van der Waals surface area (Å²) < 4.78 is 0. The Balaban J connectivity index is 2.32. The minimum atomic E-state index is 0.759. The van der Waals surface area contributed by atoms with Gasteiger partial charge in [0, 0.05) is 12.1 Å². The third kappa shape index (κ3) is 0.167. The van der Waals surface area contributed by atoms with Crippen molar-refractivity contribution in [3.05, 3.63) is 12.2 Å². The van der Waals surface area contributed by atoms with Gasteiger partial charge in [0.05, 0.1) is 0 Å². The van der Waals surface area contributed by atoms with Crippen molar-refractivity contribution in [3.8, 4) is 0 Å². The van der Waals surface area contributed by atoms with Crippen LogP contribution in [0.25, 0.3) is 0 Å². The fraction of sp³-hybridized carbons (Fsp3) is 0.600. The predicted molar refractivity (Wildman–Crippen MR) is 24.5 cm³/mol. The van der Waals surface area contributed by atoms with Crippen molar-refractivity contribution in [2.75, 3.05) is 0 Å². The molecule has 1 N–H and O–H groups in total. The first-order chi connectivity index (χ1) is 2.95. The number of hydrogen-bond acceptors (Lipinski definition) is 1. The summed E-state index contributed by atoms with van der Waals surface area (Å²) in [5.41, 5.74) is 0. The van der Waals surface area contributed by atoms with Gasteiger partial charge in [0.1, 0.15) is 0 Å². The molecular formula is C5H7N. The van der Waals surface area contributed by atoms with Gasteiger partial charge in [-0.05, 0) is 6.42 Å². The van der Waals surface area contributed by atoms with Crippen LogP contribution in [0.3, 0.4) is 0 Å². The summed E-state index contributed by atoms with van der Waals surface area (Å²) in [5.74, 6) is 0. The van der Waals surface area contributed by atoms with Gasteiger partial charge in [-0.1, -0.05) is 12.2 Å². The molecule has 0 aromatic heterocycles. The zero-order chi connectivity index (χ0) is 3.98. The highest BCUT2D eigenvalue weighted by Crippen LogP contribution is 2.20. The zero-order valence-electron chi connectivity index (χ0n) is 3.52. The van der Waals surface area contributed by atoms with Gasteiger partial charge in [-0.15, -0.1) is 0 Å². The molecule has 2 unspecified atom stereocenters. The molecule has 2 heterocycles. The van der Waals surface area contributed by atoms with Gasteiger partial charge in [0.2, 0.25) is 0 Å². The summed E-state index contributed by atoms with van der Waals surface area (Å²) in [7, 11) is 0. The maximum Gasteiger partial charge on any atom is 0.0274 e. The molecule has 0 aromatic rings. The van der Waals surface area contributed by atoms with Gasteiger partial charge >= 0.3 is 0 Å². The lowest BCUT2D eigenvalue weighted by molar-refractivity contribution is 0.397. The van der Waals surface area contributed by atoms with Gasteiger partial charge < -0.3 is 5.32 Å². The van der Waals surface area contributed by atoms with Crippen molar-refractivity contribution in [3.63, 3.8) is 0 Å². The van der Waals surface area contributed by atoms with E-state index in [9.17, 15) is 0 Å². The molecule has 32 valence electrons. The highest BCUT2D eigenvalue weighted by molar-refractivity contribution is 5.18. The van der Waals surface area contributed by atoms with E-state index in [4.69, 9.17) is 0 Å². The maximum absolute atomic E-state index is 3.31. The number of nitrogens with one attached hydrogen (secondary N) is 1. The van der Waals surface area contributed by atoms with Crippen LogP contribution in [-0.2, 0) is 0 Å². The van der Waals surface area contributed by atoms with Crippen molar-refractivity contribution < 1.29 is 0 Å². The van der Waals surface area contributed by atoms with E-state index in [0.717, 1.165) is 12.1 Å². The first kappa shape index (κ1) is 2.80. The van der Waals surface area contributed by atoms with Gasteiger partial charge in [-0.25, -0.2) is 0 Å². The van der Waals surface area contributed by atoms with E-state index in [0.29, 0.717) is 0 Å². The SMILES string of the molecule is C1=CC2CC1N2. The highest BCUT2D eigenvalue weighted by atomic mass is 15.0. The van der Waals surface area contributed by atoms with Gasteiger partial charge in [-0.3, -0.25) is 0 Å². The molecular weight excluding hydrogens is 74.1 g/mol. The largest absolute Gasteiger partial charge is 0.304 e. The lowest BCUT2D eigenvalue weighted by atomic mass is 10.1. The zero-order valence-corrected chi connectivity index (χ0v) is 3.52. The number of rotatable bonds is 0. The fourth-order valence-electron chi connectivity index (χ4n) is 1.06. The van der Waals surface area contributed by atoms with Crippen LogP contribution in [0.5, 0.6) is 0 Å². The molecule has 2 bridgehead atoms. The van der Waals surface area contributed by atoms with Crippen LogP contribution in [0.4, 0.5) is 0 Å². The molecule has 0 aromatic carbocycles. The summed E-state index contributed by atoms with van der Waals surface area (Å²) in [6.45, 7) is 0. The van der Waals surface area contributed by atoms with Crippen molar-refractivity contribution >= 4 is 0 Å². The average molecular weight is 81.1 g/mol. The van der Waals surface area contributed by atoms with Crippen LogP contribution < -0.4 is 5.32 Å². The third-order valence-corrected chi connectivity index (χ3v) is 1.51. The summed E-state index contributed by atoms with van der Waals surface area (Å²) in [5, 5.41) is 3.31. The summed E-state index contributed by atoms with van der Waals surface area (Å²) in [6.07, 6.45) is 5.84. The van der Waals surface area contributed by atoms with E-state index in [-0.39, 0.29) is 0 Å². The standard InChI is InChI=1S/C5H7N/c1-2-5-3-4(1)6-5/h1-2,4-6H,3H2. The van der Waals surface area contributed by atoms with Gasteiger partial charge in [0.15, 0.2) is 0 Å². The first-order valence-corrected chi connectivity index (χ1v) is 2.39. The monoisotopic (exact) mass is 81.1 g/mol. The predicted octanol–water partition coefficient (Wildman–Crippen LogP) is 0.287. The molecule has 0 radical (unpaired) electrons. The highest BCUT2D eigenvalue weighted by Gasteiger charge is 2.28. The van der Waals surface area contributed by atoms with Crippen LogP contribution in [-0.4, -0.2) is 12.1 Å². The van der Waals surface area contributed by atoms with E-state index < -0.39 is 0 Å². The summed E-state index contributed by atoms with van der Waals surface area (Å²) in [4.78, 5) is 0. The van der Waals surface area contributed by atoms with Crippen molar-refractivity contribution in [2.24, 2.45) is 0 Å². The van der Waals surface area contributed by atoms with E-state index >= 15 is 0 Å². The third-order valence-electron chi connectivity index (χ3n) is 1.51. The average Bonchev–Trinajstić information content (AvgIpc) is 1.72. The lowest BCUT2D eigenvalue weighted by Gasteiger charge is -2.24. The molecule has 2 atom stereocenters. The Morgan fingerprint density at radius 1 is 1.33 bits per heavy atom. The quantitative estimate of drug-likeness (QED) is 0.413. The van der Waals surface area contributed by atoms with E-state index in [1.54, 1.807) is 0 Å². The normalized spacial score (nSPS) is 49.3. The minimum Gasteiger partial charge on any atom is -0.304 e. The molecule has 6 heavy (non-hydrogen) atoms. The smallest absolute Gasteiger partial charge is 0.0274 e. The van der Waals surface area contributed by atoms with Crippen LogP contribution in [0.15, 0.2) is 12.2 Å². The van der Waals surface area contributed by atoms with Crippen molar-refractivity contribution in [1.29, 1.82) is 0 Å². The molecule has 1 fully saturated rings. The van der Waals surface area contributed by atoms with E-state index in [1.165, 1.54) is 6.42 Å². The second-order valence-electron chi connectivity index (χ2n) is 2.00. The van der Waals surface area contributed by atoms with E-state index in [1.807, 2.05) is 0 Å². The van der Waals surface area contributed by atoms with E-state index in [2.05, 4.69) is 17.5 Å². The van der Waals surface area contributed by atoms with Crippen LogP contribution in [0.1, 0.15) is 6.42 Å². The Morgan fingerprint density at radius 3 is 2.00 bits per heavy atom. The Bertz CT molecular complexity index is 80.1. The topological polar surface area (TPSA) is 12.0 Å². The fourth-order valence-corrected chi connectivity index (χ4v) is 1.06. The Hall–Kier alpha value is -0.300. The molecule has 1 heteroatoms.